The van der Waals surface area contributed by atoms with Crippen molar-refractivity contribution < 1.29 is 9.15 Å². The van der Waals surface area contributed by atoms with E-state index < -0.39 is 0 Å². The molecule has 0 aliphatic carbocycles. The summed E-state index contributed by atoms with van der Waals surface area (Å²) >= 11 is 5.50. The van der Waals surface area contributed by atoms with Crippen LogP contribution in [-0.4, -0.2) is 23.2 Å². The number of hydrogen-bond acceptors (Lipinski definition) is 4. The van der Waals surface area contributed by atoms with Crippen LogP contribution in [0.5, 0.6) is 0 Å². The van der Waals surface area contributed by atoms with E-state index in [2.05, 4.69) is 10.2 Å². The third kappa shape index (κ3) is 2.19. The van der Waals surface area contributed by atoms with Crippen molar-refractivity contribution in [3.05, 3.63) is 11.8 Å². The second-order valence-electron chi connectivity index (χ2n) is 2.35. The smallest absolute Gasteiger partial charge is 0.244 e. The molecular formula is C7H11ClN2O2. The molecule has 4 nitrogen and oxygen atoms in total. The standard InChI is InChI=1S/C7H11ClN2O2/c1-5(11-2)7-10-9-6(12-7)3-4-8/h5H,3-4H2,1-2H3. The van der Waals surface area contributed by atoms with Gasteiger partial charge in [0.15, 0.2) is 0 Å². The maximum absolute atomic E-state index is 5.50. The van der Waals surface area contributed by atoms with E-state index in [1.54, 1.807) is 7.11 Å². The molecule has 0 fully saturated rings. The number of halogens is 1. The molecule has 5 heteroatoms. The van der Waals surface area contributed by atoms with Gasteiger partial charge in [-0.15, -0.1) is 21.8 Å². The monoisotopic (exact) mass is 190 g/mol. The highest BCUT2D eigenvalue weighted by Crippen LogP contribution is 2.13. The first kappa shape index (κ1) is 9.48. The molecule has 1 aromatic heterocycles. The molecule has 0 aliphatic heterocycles. The Bertz CT molecular complexity index is 239. The number of methoxy groups -OCH3 is 1. The van der Waals surface area contributed by atoms with E-state index in [9.17, 15) is 0 Å². The molecule has 0 aromatic carbocycles. The summed E-state index contributed by atoms with van der Waals surface area (Å²) in [5.74, 6) is 1.55. The van der Waals surface area contributed by atoms with Crippen molar-refractivity contribution in [3.8, 4) is 0 Å². The minimum absolute atomic E-state index is 0.151. The Morgan fingerprint density at radius 2 is 2.33 bits per heavy atom. The number of aromatic nitrogens is 2. The van der Waals surface area contributed by atoms with Crippen LogP contribution in [0.25, 0.3) is 0 Å². The summed E-state index contributed by atoms with van der Waals surface area (Å²) in [5.41, 5.74) is 0. The molecule has 68 valence electrons. The van der Waals surface area contributed by atoms with Gasteiger partial charge in [0, 0.05) is 19.4 Å². The average Bonchev–Trinajstić information content (AvgIpc) is 2.52. The van der Waals surface area contributed by atoms with E-state index >= 15 is 0 Å². The van der Waals surface area contributed by atoms with Crippen LogP contribution in [0.2, 0.25) is 0 Å². The number of aryl methyl sites for hydroxylation is 1. The van der Waals surface area contributed by atoms with Crippen LogP contribution >= 0.6 is 11.6 Å². The minimum Gasteiger partial charge on any atom is -0.422 e. The quantitative estimate of drug-likeness (QED) is 0.676. The van der Waals surface area contributed by atoms with Gasteiger partial charge in [0.1, 0.15) is 6.10 Å². The Morgan fingerprint density at radius 3 is 2.92 bits per heavy atom. The van der Waals surface area contributed by atoms with Crippen molar-refractivity contribution in [2.75, 3.05) is 13.0 Å². The van der Waals surface area contributed by atoms with Gasteiger partial charge in [0.25, 0.3) is 0 Å². The SMILES string of the molecule is COC(C)c1nnc(CCCl)o1. The van der Waals surface area contributed by atoms with Gasteiger partial charge in [-0.05, 0) is 6.92 Å². The summed E-state index contributed by atoms with van der Waals surface area (Å²) in [6.45, 7) is 1.85. The van der Waals surface area contributed by atoms with E-state index in [1.807, 2.05) is 6.92 Å². The summed E-state index contributed by atoms with van der Waals surface area (Å²) in [7, 11) is 1.59. The number of hydrogen-bond donors (Lipinski definition) is 0. The summed E-state index contributed by atoms with van der Waals surface area (Å²) in [4.78, 5) is 0. The van der Waals surface area contributed by atoms with Crippen LogP contribution in [-0.2, 0) is 11.2 Å². The van der Waals surface area contributed by atoms with Crippen LogP contribution < -0.4 is 0 Å². The van der Waals surface area contributed by atoms with Crippen molar-refractivity contribution in [3.63, 3.8) is 0 Å². The Kier molecular flexibility index (Phi) is 3.49. The van der Waals surface area contributed by atoms with Crippen molar-refractivity contribution in [2.45, 2.75) is 19.4 Å². The van der Waals surface area contributed by atoms with Gasteiger partial charge in [-0.1, -0.05) is 0 Å². The topological polar surface area (TPSA) is 48.2 Å². The van der Waals surface area contributed by atoms with Gasteiger partial charge in [-0.3, -0.25) is 0 Å². The van der Waals surface area contributed by atoms with Gasteiger partial charge >= 0.3 is 0 Å². The number of alkyl halides is 1. The van der Waals surface area contributed by atoms with Crippen molar-refractivity contribution in [1.82, 2.24) is 10.2 Å². The highest BCUT2D eigenvalue weighted by molar-refractivity contribution is 6.17. The first-order valence-corrected chi connectivity index (χ1v) is 4.22. The summed E-state index contributed by atoms with van der Waals surface area (Å²) < 4.78 is 10.2. The fourth-order valence-electron chi connectivity index (χ4n) is 0.714. The molecule has 0 bridgehead atoms. The first-order valence-electron chi connectivity index (χ1n) is 3.69. The van der Waals surface area contributed by atoms with Crippen LogP contribution in [0, 0.1) is 0 Å². The molecule has 0 saturated heterocycles. The highest BCUT2D eigenvalue weighted by atomic mass is 35.5. The third-order valence-electron chi connectivity index (χ3n) is 1.49. The zero-order valence-electron chi connectivity index (χ0n) is 7.08. The summed E-state index contributed by atoms with van der Waals surface area (Å²) in [6.07, 6.45) is 0.451. The summed E-state index contributed by atoms with van der Waals surface area (Å²) in [5, 5.41) is 7.60. The maximum atomic E-state index is 5.50. The van der Waals surface area contributed by atoms with Gasteiger partial charge in [-0.25, -0.2) is 0 Å². The minimum atomic E-state index is -0.151. The Morgan fingerprint density at radius 1 is 1.58 bits per heavy atom. The molecule has 0 radical (unpaired) electrons. The number of rotatable bonds is 4. The molecule has 0 saturated carbocycles. The third-order valence-corrected chi connectivity index (χ3v) is 1.68. The molecule has 0 N–H and O–H groups in total. The second kappa shape index (κ2) is 4.42. The van der Waals surface area contributed by atoms with Crippen LogP contribution in [0.15, 0.2) is 4.42 Å². The lowest BCUT2D eigenvalue weighted by molar-refractivity contribution is 0.0936. The predicted octanol–water partition coefficient (Wildman–Crippen LogP) is 1.56. The molecular weight excluding hydrogens is 180 g/mol. The molecule has 12 heavy (non-hydrogen) atoms. The molecule has 0 amide bonds. The van der Waals surface area contributed by atoms with Gasteiger partial charge in [0.05, 0.1) is 0 Å². The van der Waals surface area contributed by atoms with E-state index in [4.69, 9.17) is 20.8 Å². The zero-order chi connectivity index (χ0) is 8.97. The maximum Gasteiger partial charge on any atom is 0.244 e. The number of nitrogens with zero attached hydrogens (tertiary/aromatic N) is 2. The van der Waals surface area contributed by atoms with Gasteiger partial charge in [-0.2, -0.15) is 0 Å². The lowest BCUT2D eigenvalue weighted by Gasteiger charge is -2.01. The zero-order valence-corrected chi connectivity index (χ0v) is 7.84. The van der Waals surface area contributed by atoms with E-state index in [-0.39, 0.29) is 6.10 Å². The predicted molar refractivity (Wildman–Crippen MR) is 44.1 cm³/mol. The molecule has 1 unspecified atom stereocenters. The normalized spacial score (nSPS) is 13.2. The number of ether oxygens (including phenoxy) is 1. The lowest BCUT2D eigenvalue weighted by atomic mass is 10.4. The van der Waals surface area contributed by atoms with Gasteiger partial charge in [0.2, 0.25) is 11.8 Å². The first-order chi connectivity index (χ1) is 5.77. The van der Waals surface area contributed by atoms with Crippen LogP contribution in [0.1, 0.15) is 24.8 Å². The molecule has 0 spiro atoms. The lowest BCUT2D eigenvalue weighted by Crippen LogP contribution is -1.95. The fraction of sp³-hybridized carbons (Fsp3) is 0.714. The summed E-state index contributed by atoms with van der Waals surface area (Å²) in [6, 6.07) is 0. The highest BCUT2D eigenvalue weighted by Gasteiger charge is 2.11. The van der Waals surface area contributed by atoms with Crippen molar-refractivity contribution in [1.29, 1.82) is 0 Å². The largest absolute Gasteiger partial charge is 0.422 e. The Balaban J connectivity index is 2.63. The Hall–Kier alpha value is -0.610. The molecule has 1 aromatic rings. The van der Waals surface area contributed by atoms with Gasteiger partial charge < -0.3 is 9.15 Å². The molecule has 0 aliphatic rings. The average molecular weight is 191 g/mol. The molecule has 1 heterocycles. The van der Waals surface area contributed by atoms with E-state index in [1.165, 1.54) is 0 Å². The fourth-order valence-corrected chi connectivity index (χ4v) is 0.875. The Labute approximate surface area is 75.9 Å². The molecule has 1 atom stereocenters. The van der Waals surface area contributed by atoms with E-state index in [0.717, 1.165) is 0 Å². The van der Waals surface area contributed by atoms with E-state index in [0.29, 0.717) is 24.1 Å². The second-order valence-corrected chi connectivity index (χ2v) is 2.73. The van der Waals surface area contributed by atoms with Crippen molar-refractivity contribution in [2.24, 2.45) is 0 Å². The van der Waals surface area contributed by atoms with Crippen LogP contribution in [0.4, 0.5) is 0 Å². The van der Waals surface area contributed by atoms with Crippen LogP contribution in [0.3, 0.4) is 0 Å². The van der Waals surface area contributed by atoms with Crippen molar-refractivity contribution >= 4 is 11.6 Å². The molecule has 1 rings (SSSR count).